The van der Waals surface area contributed by atoms with Crippen molar-refractivity contribution in [3.05, 3.63) is 11.4 Å². The standard InChI is InChI=1S/C9H6F12/c1-5(2,11)4(10)3(7(14,15)16)6(12,13)8(17,18)9(19,20)21/h1-2H3/b4-3-. The highest BCUT2D eigenvalue weighted by atomic mass is 19.4. The first kappa shape index (κ1) is 19.9. The minimum Gasteiger partial charge on any atom is -0.237 e. The van der Waals surface area contributed by atoms with Crippen molar-refractivity contribution >= 4 is 0 Å². The van der Waals surface area contributed by atoms with Crippen molar-refractivity contribution in [1.82, 2.24) is 0 Å². The SMILES string of the molecule is CC(C)(F)/C(F)=C(/C(F)(F)F)C(F)(F)C(F)(F)C(F)(F)F. The van der Waals surface area contributed by atoms with Gasteiger partial charge in [0.2, 0.25) is 0 Å². The number of rotatable bonds is 3. The molecule has 0 atom stereocenters. The van der Waals surface area contributed by atoms with E-state index in [2.05, 4.69) is 0 Å². The van der Waals surface area contributed by atoms with Crippen LogP contribution in [0.4, 0.5) is 52.7 Å². The molecule has 0 spiro atoms. The van der Waals surface area contributed by atoms with Crippen LogP contribution in [-0.4, -0.2) is 29.9 Å². The number of hydrogen-bond donors (Lipinski definition) is 0. The minimum absolute atomic E-state index is 0.0596. The Bertz CT molecular complexity index is 415. The highest BCUT2D eigenvalue weighted by Gasteiger charge is 2.78. The zero-order valence-corrected chi connectivity index (χ0v) is 10.0. The number of halogens is 12. The summed E-state index contributed by atoms with van der Waals surface area (Å²) in [6.45, 7) is -0.119. The summed E-state index contributed by atoms with van der Waals surface area (Å²) in [5.74, 6) is -17.8. The first-order valence-electron chi connectivity index (χ1n) is 4.77. The van der Waals surface area contributed by atoms with E-state index >= 15 is 0 Å². The maximum atomic E-state index is 13.1. The lowest BCUT2D eigenvalue weighted by Gasteiger charge is -2.32. The van der Waals surface area contributed by atoms with Crippen molar-refractivity contribution in [3.8, 4) is 0 Å². The fraction of sp³-hybridized carbons (Fsp3) is 0.778. The van der Waals surface area contributed by atoms with E-state index < -0.39 is 41.3 Å². The third-order valence-corrected chi connectivity index (χ3v) is 2.09. The lowest BCUT2D eigenvalue weighted by molar-refractivity contribution is -0.351. The molecule has 0 radical (unpaired) electrons. The van der Waals surface area contributed by atoms with Crippen LogP contribution >= 0.6 is 0 Å². The Labute approximate surface area is 109 Å². The summed E-state index contributed by atoms with van der Waals surface area (Å²) in [5, 5.41) is 0. The molecule has 0 aromatic carbocycles. The fourth-order valence-electron chi connectivity index (χ4n) is 1.07. The van der Waals surface area contributed by atoms with Gasteiger partial charge in [-0.05, 0) is 13.8 Å². The van der Waals surface area contributed by atoms with Crippen molar-refractivity contribution in [1.29, 1.82) is 0 Å². The van der Waals surface area contributed by atoms with Crippen LogP contribution in [0.1, 0.15) is 13.8 Å². The van der Waals surface area contributed by atoms with E-state index in [1.807, 2.05) is 0 Å². The van der Waals surface area contributed by atoms with Gasteiger partial charge >= 0.3 is 24.2 Å². The zero-order valence-electron chi connectivity index (χ0n) is 10.0. The predicted octanol–water partition coefficient (Wildman–Crippen LogP) is 5.35. The summed E-state index contributed by atoms with van der Waals surface area (Å²) in [5.41, 5.74) is -8.07. The van der Waals surface area contributed by atoms with Gasteiger partial charge in [0.1, 0.15) is 5.57 Å². The first-order chi connectivity index (χ1) is 8.78. The first-order valence-corrected chi connectivity index (χ1v) is 4.77. The van der Waals surface area contributed by atoms with Gasteiger partial charge in [0.25, 0.3) is 0 Å². The van der Waals surface area contributed by atoms with Crippen molar-refractivity contribution in [3.63, 3.8) is 0 Å². The van der Waals surface area contributed by atoms with Gasteiger partial charge in [0.05, 0.1) is 0 Å². The molecule has 0 rings (SSSR count). The molecule has 0 aliphatic carbocycles. The third-order valence-electron chi connectivity index (χ3n) is 2.09. The second-order valence-electron chi connectivity index (χ2n) is 4.31. The molecule has 0 aliphatic heterocycles. The van der Waals surface area contributed by atoms with Crippen LogP contribution in [-0.2, 0) is 0 Å². The van der Waals surface area contributed by atoms with Gasteiger partial charge in [0, 0.05) is 0 Å². The molecule has 0 fully saturated rings. The molecule has 0 heterocycles. The summed E-state index contributed by atoms with van der Waals surface area (Å²) in [6, 6.07) is 0. The van der Waals surface area contributed by atoms with Crippen LogP contribution in [0, 0.1) is 0 Å². The van der Waals surface area contributed by atoms with E-state index in [-0.39, 0.29) is 13.8 Å². The molecule has 0 aliphatic rings. The van der Waals surface area contributed by atoms with Gasteiger partial charge in [-0.15, -0.1) is 0 Å². The van der Waals surface area contributed by atoms with Gasteiger partial charge in [-0.3, -0.25) is 0 Å². The molecule has 0 nitrogen and oxygen atoms in total. The normalized spacial score (nSPS) is 16.9. The summed E-state index contributed by atoms with van der Waals surface area (Å²) < 4.78 is 149. The third kappa shape index (κ3) is 3.57. The number of hydrogen-bond acceptors (Lipinski definition) is 0. The molecule has 0 unspecified atom stereocenters. The zero-order chi connectivity index (χ0) is 17.7. The maximum absolute atomic E-state index is 13.1. The average molecular weight is 342 g/mol. The highest BCUT2D eigenvalue weighted by molar-refractivity contribution is 5.30. The lowest BCUT2D eigenvalue weighted by Crippen LogP contribution is -2.55. The van der Waals surface area contributed by atoms with Gasteiger partial charge in [-0.25, -0.2) is 8.78 Å². The second kappa shape index (κ2) is 4.97. The van der Waals surface area contributed by atoms with Crippen LogP contribution in [0.3, 0.4) is 0 Å². The maximum Gasteiger partial charge on any atom is 0.460 e. The topological polar surface area (TPSA) is 0 Å². The Morgan fingerprint density at radius 2 is 1.00 bits per heavy atom. The van der Waals surface area contributed by atoms with Gasteiger partial charge in [-0.1, -0.05) is 0 Å². The lowest BCUT2D eigenvalue weighted by atomic mass is 9.95. The van der Waals surface area contributed by atoms with Crippen molar-refractivity contribution < 1.29 is 52.7 Å². The summed E-state index contributed by atoms with van der Waals surface area (Å²) in [4.78, 5) is 0. The Balaban J connectivity index is 6.51. The van der Waals surface area contributed by atoms with Crippen LogP contribution in [0.15, 0.2) is 11.4 Å². The Hall–Kier alpha value is -1.10. The van der Waals surface area contributed by atoms with Crippen molar-refractivity contribution in [2.75, 3.05) is 0 Å². The molecular weight excluding hydrogens is 336 g/mol. The molecule has 0 bridgehead atoms. The molecular formula is C9H6F12. The molecule has 0 saturated carbocycles. The highest BCUT2D eigenvalue weighted by Crippen LogP contribution is 2.55. The van der Waals surface area contributed by atoms with Crippen molar-refractivity contribution in [2.45, 2.75) is 43.7 Å². The van der Waals surface area contributed by atoms with E-state index in [0.717, 1.165) is 0 Å². The van der Waals surface area contributed by atoms with Gasteiger partial charge in [0.15, 0.2) is 11.5 Å². The van der Waals surface area contributed by atoms with E-state index in [4.69, 9.17) is 0 Å². The molecule has 126 valence electrons. The summed E-state index contributed by atoms with van der Waals surface area (Å²) in [7, 11) is 0. The molecule has 21 heavy (non-hydrogen) atoms. The molecule has 12 heteroatoms. The molecule has 0 aromatic heterocycles. The van der Waals surface area contributed by atoms with Crippen LogP contribution < -0.4 is 0 Å². The van der Waals surface area contributed by atoms with E-state index in [1.165, 1.54) is 0 Å². The monoisotopic (exact) mass is 342 g/mol. The molecule has 0 aromatic rings. The predicted molar refractivity (Wildman–Crippen MR) is 45.3 cm³/mol. The Morgan fingerprint density at radius 1 is 0.667 bits per heavy atom. The minimum atomic E-state index is -7.26. The number of alkyl halides is 11. The molecule has 0 amide bonds. The Kier molecular flexibility index (Phi) is 4.71. The fourth-order valence-corrected chi connectivity index (χ4v) is 1.07. The second-order valence-corrected chi connectivity index (χ2v) is 4.31. The van der Waals surface area contributed by atoms with Crippen LogP contribution in [0.2, 0.25) is 0 Å². The van der Waals surface area contributed by atoms with Crippen LogP contribution in [0.5, 0.6) is 0 Å². The van der Waals surface area contributed by atoms with E-state index in [0.29, 0.717) is 0 Å². The average Bonchev–Trinajstić information content (AvgIpc) is 2.10. The molecule has 0 N–H and O–H groups in total. The molecule has 0 saturated heterocycles. The Morgan fingerprint density at radius 3 is 1.19 bits per heavy atom. The smallest absolute Gasteiger partial charge is 0.237 e. The van der Waals surface area contributed by atoms with Gasteiger partial charge in [-0.2, -0.15) is 43.9 Å². The van der Waals surface area contributed by atoms with Crippen molar-refractivity contribution in [2.24, 2.45) is 0 Å². The summed E-state index contributed by atoms with van der Waals surface area (Å²) in [6.07, 6.45) is -13.8. The number of allylic oxidation sites excluding steroid dienone is 2. The quantitative estimate of drug-likeness (QED) is 0.606. The van der Waals surface area contributed by atoms with E-state index in [1.54, 1.807) is 0 Å². The van der Waals surface area contributed by atoms with Crippen LogP contribution in [0.25, 0.3) is 0 Å². The summed E-state index contributed by atoms with van der Waals surface area (Å²) >= 11 is 0. The van der Waals surface area contributed by atoms with Gasteiger partial charge < -0.3 is 0 Å². The largest absolute Gasteiger partial charge is 0.460 e. The van der Waals surface area contributed by atoms with E-state index in [9.17, 15) is 52.7 Å².